The maximum Gasteiger partial charge on any atom is 0.173 e. The SMILES string of the molecule is COC1(C)CCCN(c2nn(C)cc2N)C1. The van der Waals surface area contributed by atoms with Crippen LogP contribution in [0, 0.1) is 0 Å². The average molecular weight is 224 g/mol. The monoisotopic (exact) mass is 224 g/mol. The molecule has 1 unspecified atom stereocenters. The van der Waals surface area contributed by atoms with Crippen molar-refractivity contribution in [1.82, 2.24) is 9.78 Å². The molecule has 90 valence electrons. The normalized spacial score (nSPS) is 26.1. The van der Waals surface area contributed by atoms with Crippen molar-refractivity contribution in [3.8, 4) is 0 Å². The van der Waals surface area contributed by atoms with Gasteiger partial charge in [0.1, 0.15) is 0 Å². The summed E-state index contributed by atoms with van der Waals surface area (Å²) in [5.41, 5.74) is 6.59. The highest BCUT2D eigenvalue weighted by Crippen LogP contribution is 2.29. The van der Waals surface area contributed by atoms with Gasteiger partial charge in [0.2, 0.25) is 0 Å². The summed E-state index contributed by atoms with van der Waals surface area (Å²) >= 11 is 0. The van der Waals surface area contributed by atoms with Crippen LogP contribution in [0.3, 0.4) is 0 Å². The summed E-state index contributed by atoms with van der Waals surface area (Å²) < 4.78 is 7.31. The van der Waals surface area contributed by atoms with Gasteiger partial charge < -0.3 is 15.4 Å². The number of aromatic nitrogens is 2. The predicted molar refractivity (Wildman–Crippen MR) is 64.5 cm³/mol. The van der Waals surface area contributed by atoms with Crippen LogP contribution in [0.25, 0.3) is 0 Å². The van der Waals surface area contributed by atoms with Gasteiger partial charge in [-0.25, -0.2) is 0 Å². The average Bonchev–Trinajstić information content (AvgIpc) is 2.58. The molecule has 0 spiro atoms. The smallest absolute Gasteiger partial charge is 0.173 e. The van der Waals surface area contributed by atoms with E-state index in [0.717, 1.165) is 37.4 Å². The van der Waals surface area contributed by atoms with E-state index in [0.29, 0.717) is 0 Å². The van der Waals surface area contributed by atoms with Crippen molar-refractivity contribution >= 4 is 11.5 Å². The van der Waals surface area contributed by atoms with E-state index in [1.54, 1.807) is 11.8 Å². The molecule has 0 radical (unpaired) electrons. The molecule has 1 fully saturated rings. The van der Waals surface area contributed by atoms with Crippen LogP contribution in [0.1, 0.15) is 19.8 Å². The molecule has 0 bridgehead atoms. The first kappa shape index (κ1) is 11.3. The molecule has 1 aromatic rings. The van der Waals surface area contributed by atoms with Gasteiger partial charge in [-0.1, -0.05) is 0 Å². The topological polar surface area (TPSA) is 56.3 Å². The number of nitrogens with zero attached hydrogens (tertiary/aromatic N) is 3. The number of aryl methyl sites for hydroxylation is 1. The summed E-state index contributed by atoms with van der Waals surface area (Å²) in [6, 6.07) is 0. The summed E-state index contributed by atoms with van der Waals surface area (Å²) in [5.74, 6) is 0.880. The van der Waals surface area contributed by atoms with Crippen LogP contribution in [0.4, 0.5) is 11.5 Å². The van der Waals surface area contributed by atoms with Crippen LogP contribution in [0.5, 0.6) is 0 Å². The third-order valence-electron chi connectivity index (χ3n) is 3.29. The quantitative estimate of drug-likeness (QED) is 0.814. The van der Waals surface area contributed by atoms with Crippen molar-refractivity contribution in [3.05, 3.63) is 6.20 Å². The highest BCUT2D eigenvalue weighted by molar-refractivity contribution is 5.62. The molecular formula is C11H20N4O. The number of anilines is 2. The van der Waals surface area contributed by atoms with Crippen molar-refractivity contribution in [2.24, 2.45) is 7.05 Å². The Labute approximate surface area is 96.2 Å². The zero-order valence-electron chi connectivity index (χ0n) is 10.2. The third kappa shape index (κ3) is 2.00. The Balaban J connectivity index is 2.19. The van der Waals surface area contributed by atoms with Gasteiger partial charge in [-0.2, -0.15) is 5.10 Å². The van der Waals surface area contributed by atoms with Gasteiger partial charge in [-0.05, 0) is 19.8 Å². The number of rotatable bonds is 2. The summed E-state index contributed by atoms with van der Waals surface area (Å²) in [5, 5.41) is 4.40. The molecule has 1 atom stereocenters. The molecule has 1 aliphatic heterocycles. The van der Waals surface area contributed by atoms with Crippen LogP contribution in [-0.2, 0) is 11.8 Å². The molecule has 1 saturated heterocycles. The lowest BCUT2D eigenvalue weighted by Gasteiger charge is -2.39. The highest BCUT2D eigenvalue weighted by atomic mass is 16.5. The van der Waals surface area contributed by atoms with Crippen molar-refractivity contribution in [3.63, 3.8) is 0 Å². The van der Waals surface area contributed by atoms with Crippen LogP contribution in [0.2, 0.25) is 0 Å². The molecule has 0 saturated carbocycles. The number of ether oxygens (including phenoxy) is 1. The molecule has 1 aliphatic rings. The molecule has 5 nitrogen and oxygen atoms in total. The predicted octanol–water partition coefficient (Wildman–Crippen LogP) is 1.01. The number of hydrogen-bond donors (Lipinski definition) is 1. The van der Waals surface area contributed by atoms with Crippen LogP contribution in [-0.4, -0.2) is 35.6 Å². The first-order valence-electron chi connectivity index (χ1n) is 5.63. The minimum atomic E-state index is -0.0811. The van der Waals surface area contributed by atoms with Gasteiger partial charge >= 0.3 is 0 Å². The van der Waals surface area contributed by atoms with E-state index in [-0.39, 0.29) is 5.60 Å². The number of hydrogen-bond acceptors (Lipinski definition) is 4. The van der Waals surface area contributed by atoms with Crippen molar-refractivity contribution in [2.45, 2.75) is 25.4 Å². The number of piperidine rings is 1. The van der Waals surface area contributed by atoms with E-state index in [4.69, 9.17) is 10.5 Å². The molecule has 2 heterocycles. The second-order valence-corrected chi connectivity index (χ2v) is 4.76. The summed E-state index contributed by atoms with van der Waals surface area (Å²) in [7, 11) is 3.66. The minimum Gasteiger partial charge on any atom is -0.394 e. The lowest BCUT2D eigenvalue weighted by atomic mass is 9.95. The van der Waals surface area contributed by atoms with E-state index < -0.39 is 0 Å². The largest absolute Gasteiger partial charge is 0.394 e. The maximum atomic E-state index is 5.94. The fraction of sp³-hybridized carbons (Fsp3) is 0.727. The summed E-state index contributed by atoms with van der Waals surface area (Å²) in [4.78, 5) is 2.21. The van der Waals surface area contributed by atoms with E-state index in [1.807, 2.05) is 13.2 Å². The molecule has 0 amide bonds. The van der Waals surface area contributed by atoms with Gasteiger partial charge in [0.15, 0.2) is 5.82 Å². The van der Waals surface area contributed by atoms with Crippen molar-refractivity contribution < 1.29 is 4.74 Å². The van der Waals surface area contributed by atoms with E-state index >= 15 is 0 Å². The summed E-state index contributed by atoms with van der Waals surface area (Å²) in [6.45, 7) is 3.99. The fourth-order valence-corrected chi connectivity index (χ4v) is 2.29. The molecule has 0 aromatic carbocycles. The van der Waals surface area contributed by atoms with Crippen molar-refractivity contribution in [1.29, 1.82) is 0 Å². The molecule has 5 heteroatoms. The van der Waals surface area contributed by atoms with E-state index in [9.17, 15) is 0 Å². The minimum absolute atomic E-state index is 0.0811. The zero-order valence-corrected chi connectivity index (χ0v) is 10.2. The Morgan fingerprint density at radius 1 is 1.56 bits per heavy atom. The standard InChI is InChI=1S/C11H20N4O/c1-11(16-3)5-4-6-15(8-11)10-9(12)7-14(2)13-10/h7H,4-6,8,12H2,1-3H3. The molecule has 2 rings (SSSR count). The molecule has 2 N–H and O–H groups in total. The third-order valence-corrected chi connectivity index (χ3v) is 3.29. The highest BCUT2D eigenvalue weighted by Gasteiger charge is 2.32. The Bertz CT molecular complexity index is 376. The Morgan fingerprint density at radius 3 is 2.88 bits per heavy atom. The molecule has 1 aromatic heterocycles. The van der Waals surface area contributed by atoms with Gasteiger partial charge in [0.25, 0.3) is 0 Å². The lowest BCUT2D eigenvalue weighted by Crippen LogP contribution is -2.47. The van der Waals surface area contributed by atoms with Crippen LogP contribution in [0.15, 0.2) is 6.20 Å². The fourth-order valence-electron chi connectivity index (χ4n) is 2.29. The Hall–Kier alpha value is -1.23. The van der Waals surface area contributed by atoms with Gasteiger partial charge in [-0.15, -0.1) is 0 Å². The van der Waals surface area contributed by atoms with Gasteiger partial charge in [0.05, 0.1) is 11.3 Å². The van der Waals surface area contributed by atoms with Gasteiger partial charge in [0, 0.05) is 33.4 Å². The van der Waals surface area contributed by atoms with E-state index in [2.05, 4.69) is 16.9 Å². The molecule has 0 aliphatic carbocycles. The first-order valence-corrected chi connectivity index (χ1v) is 5.63. The second kappa shape index (κ2) is 3.97. The second-order valence-electron chi connectivity index (χ2n) is 4.76. The van der Waals surface area contributed by atoms with Gasteiger partial charge in [-0.3, -0.25) is 4.68 Å². The van der Waals surface area contributed by atoms with Crippen LogP contribution < -0.4 is 10.6 Å². The molecular weight excluding hydrogens is 204 g/mol. The maximum absolute atomic E-state index is 5.94. The Morgan fingerprint density at radius 2 is 2.31 bits per heavy atom. The first-order chi connectivity index (χ1) is 7.54. The summed E-state index contributed by atoms with van der Waals surface area (Å²) in [6.07, 6.45) is 4.04. The van der Waals surface area contributed by atoms with Crippen LogP contribution >= 0.6 is 0 Å². The lowest BCUT2D eigenvalue weighted by molar-refractivity contribution is -0.00480. The van der Waals surface area contributed by atoms with Crippen molar-refractivity contribution in [2.75, 3.05) is 30.8 Å². The number of nitrogen functional groups attached to an aromatic ring is 1. The number of methoxy groups -OCH3 is 1. The molecule has 16 heavy (non-hydrogen) atoms. The Kier molecular flexibility index (Phi) is 2.80. The zero-order chi connectivity index (χ0) is 11.8. The van der Waals surface area contributed by atoms with E-state index in [1.165, 1.54) is 0 Å². The number of nitrogens with two attached hydrogens (primary N) is 1.